The number of ether oxygens (including phenoxy) is 1. The van der Waals surface area contributed by atoms with Gasteiger partial charge in [-0.3, -0.25) is 0 Å². The SMILES string of the molecule is CC[C@@H](Nc1cccc(C#N)c1)C1CCC2[C@@H]3CC[C@@H]4C[C@@H](COC)CC[C@@H]4C3CC[C@@]21C. The van der Waals surface area contributed by atoms with Gasteiger partial charge in [-0.15, -0.1) is 0 Å². The van der Waals surface area contributed by atoms with Crippen LogP contribution in [0.1, 0.15) is 83.6 Å². The molecule has 4 fully saturated rings. The van der Waals surface area contributed by atoms with Gasteiger partial charge >= 0.3 is 0 Å². The molecule has 180 valence electrons. The Labute approximate surface area is 201 Å². The second kappa shape index (κ2) is 9.61. The van der Waals surface area contributed by atoms with Gasteiger partial charge in [0, 0.05) is 25.4 Å². The molecule has 4 aliphatic carbocycles. The molecule has 4 aliphatic rings. The summed E-state index contributed by atoms with van der Waals surface area (Å²) in [5, 5.41) is 13.2. The molecule has 5 rings (SSSR count). The van der Waals surface area contributed by atoms with E-state index in [-0.39, 0.29) is 0 Å². The van der Waals surface area contributed by atoms with E-state index in [0.717, 1.165) is 65.7 Å². The highest BCUT2D eigenvalue weighted by Gasteiger charge is 2.58. The molecule has 1 N–H and O–H groups in total. The van der Waals surface area contributed by atoms with Crippen molar-refractivity contribution in [3.63, 3.8) is 0 Å². The summed E-state index contributed by atoms with van der Waals surface area (Å²) < 4.78 is 5.52. The molecule has 3 nitrogen and oxygen atoms in total. The van der Waals surface area contributed by atoms with Crippen molar-refractivity contribution in [1.29, 1.82) is 5.26 Å². The maximum Gasteiger partial charge on any atom is 0.0992 e. The highest BCUT2D eigenvalue weighted by molar-refractivity contribution is 5.50. The molecule has 0 aromatic heterocycles. The van der Waals surface area contributed by atoms with Crippen LogP contribution in [-0.4, -0.2) is 19.8 Å². The number of rotatable bonds is 6. The maximum atomic E-state index is 9.31. The zero-order valence-electron chi connectivity index (χ0n) is 21.1. The summed E-state index contributed by atoms with van der Waals surface area (Å²) in [7, 11) is 1.88. The molecule has 0 saturated heterocycles. The van der Waals surface area contributed by atoms with Gasteiger partial charge < -0.3 is 10.1 Å². The highest BCUT2D eigenvalue weighted by atomic mass is 16.5. The molecule has 0 radical (unpaired) electrons. The van der Waals surface area contributed by atoms with E-state index in [1.807, 2.05) is 25.3 Å². The molecule has 0 heterocycles. The van der Waals surface area contributed by atoms with Crippen LogP contribution in [0.5, 0.6) is 0 Å². The lowest BCUT2D eigenvalue weighted by Crippen LogP contribution is -2.50. The largest absolute Gasteiger partial charge is 0.384 e. The van der Waals surface area contributed by atoms with Crippen LogP contribution < -0.4 is 5.32 Å². The lowest BCUT2D eigenvalue weighted by Gasteiger charge is -2.57. The molecule has 3 heteroatoms. The van der Waals surface area contributed by atoms with Gasteiger partial charge in [-0.05, 0) is 129 Å². The Bertz CT molecular complexity index is 861. The van der Waals surface area contributed by atoms with E-state index in [1.54, 1.807) is 0 Å². The monoisotopic (exact) mass is 448 g/mol. The summed E-state index contributed by atoms with van der Waals surface area (Å²) >= 11 is 0. The van der Waals surface area contributed by atoms with Crippen LogP contribution in [0.3, 0.4) is 0 Å². The van der Waals surface area contributed by atoms with Crippen LogP contribution in [0, 0.1) is 58.2 Å². The molecule has 9 atom stereocenters. The van der Waals surface area contributed by atoms with Gasteiger partial charge in [0.2, 0.25) is 0 Å². The van der Waals surface area contributed by atoms with Crippen LogP contribution in [0.4, 0.5) is 5.69 Å². The Balaban J connectivity index is 1.29. The van der Waals surface area contributed by atoms with Gasteiger partial charge in [0.15, 0.2) is 0 Å². The minimum absolute atomic E-state index is 0.474. The molecule has 4 saturated carbocycles. The summed E-state index contributed by atoms with van der Waals surface area (Å²) in [6.45, 7) is 5.98. The molecule has 1 aromatic rings. The van der Waals surface area contributed by atoms with Gasteiger partial charge in [-0.2, -0.15) is 5.26 Å². The summed E-state index contributed by atoms with van der Waals surface area (Å²) in [5.41, 5.74) is 2.35. The van der Waals surface area contributed by atoms with Crippen molar-refractivity contribution >= 4 is 5.69 Å². The van der Waals surface area contributed by atoms with Crippen molar-refractivity contribution in [3.05, 3.63) is 29.8 Å². The standard InChI is InChI=1S/C30H44N2O/c1-4-29(32-23-7-5-6-20(17-23)18-31)28-13-12-27-26-11-9-22-16-21(19-33-3)8-10-24(22)25(26)14-15-30(27,28)2/h5-7,17,21-22,24-29,32H,4,8-16,19H2,1-3H3/t21-,22+,24-,25?,26+,27?,28?,29+,30-/m0/s1. The van der Waals surface area contributed by atoms with Crippen LogP contribution in [0.15, 0.2) is 24.3 Å². The normalized spacial score (nSPS) is 40.7. The molecule has 0 spiro atoms. The van der Waals surface area contributed by atoms with E-state index in [2.05, 4.69) is 31.3 Å². The third kappa shape index (κ3) is 4.22. The van der Waals surface area contributed by atoms with E-state index in [0.29, 0.717) is 11.5 Å². The Hall–Kier alpha value is -1.53. The lowest BCUT2D eigenvalue weighted by atomic mass is 9.49. The number of anilines is 1. The van der Waals surface area contributed by atoms with Crippen molar-refractivity contribution in [2.24, 2.45) is 46.8 Å². The zero-order valence-corrected chi connectivity index (χ0v) is 21.1. The third-order valence-corrected chi connectivity index (χ3v) is 10.8. The first-order valence-corrected chi connectivity index (χ1v) is 13.8. The van der Waals surface area contributed by atoms with E-state index >= 15 is 0 Å². The second-order valence-corrected chi connectivity index (χ2v) is 12.1. The average molecular weight is 449 g/mol. The minimum Gasteiger partial charge on any atom is -0.384 e. The van der Waals surface area contributed by atoms with Crippen molar-refractivity contribution in [2.75, 3.05) is 19.0 Å². The molecule has 0 amide bonds. The van der Waals surface area contributed by atoms with Gasteiger partial charge in [-0.1, -0.05) is 19.9 Å². The molecular formula is C30H44N2O. The first kappa shape index (κ1) is 23.2. The van der Waals surface area contributed by atoms with Crippen LogP contribution in [0.2, 0.25) is 0 Å². The Morgan fingerprint density at radius 3 is 2.73 bits per heavy atom. The van der Waals surface area contributed by atoms with E-state index < -0.39 is 0 Å². The van der Waals surface area contributed by atoms with Crippen molar-refractivity contribution in [1.82, 2.24) is 0 Å². The molecule has 33 heavy (non-hydrogen) atoms. The van der Waals surface area contributed by atoms with Crippen LogP contribution in [0.25, 0.3) is 0 Å². The topological polar surface area (TPSA) is 45.0 Å². The van der Waals surface area contributed by atoms with E-state index in [9.17, 15) is 5.26 Å². The second-order valence-electron chi connectivity index (χ2n) is 12.1. The smallest absolute Gasteiger partial charge is 0.0992 e. The number of nitrogens with one attached hydrogen (secondary N) is 1. The summed E-state index contributed by atoms with van der Waals surface area (Å²) in [4.78, 5) is 0. The number of hydrogen-bond donors (Lipinski definition) is 1. The van der Waals surface area contributed by atoms with Crippen LogP contribution >= 0.6 is 0 Å². The quantitative estimate of drug-likeness (QED) is 0.497. The molecule has 3 unspecified atom stereocenters. The lowest BCUT2D eigenvalue weighted by molar-refractivity contribution is -0.0734. The van der Waals surface area contributed by atoms with E-state index in [1.165, 1.54) is 57.8 Å². The first-order chi connectivity index (χ1) is 16.1. The number of hydrogen-bond acceptors (Lipinski definition) is 3. The molecule has 0 bridgehead atoms. The summed E-state index contributed by atoms with van der Waals surface area (Å²) in [6, 6.07) is 10.9. The fourth-order valence-corrected chi connectivity index (χ4v) is 9.42. The first-order valence-electron chi connectivity index (χ1n) is 13.8. The number of nitrogens with zero attached hydrogens (tertiary/aromatic N) is 1. The molecule has 1 aromatic carbocycles. The van der Waals surface area contributed by atoms with Gasteiger partial charge in [0.05, 0.1) is 11.6 Å². The predicted molar refractivity (Wildman–Crippen MR) is 135 cm³/mol. The Morgan fingerprint density at radius 1 is 1.09 bits per heavy atom. The van der Waals surface area contributed by atoms with Crippen molar-refractivity contribution < 1.29 is 4.74 Å². The Kier molecular flexibility index (Phi) is 6.76. The third-order valence-electron chi connectivity index (χ3n) is 10.8. The highest BCUT2D eigenvalue weighted by Crippen LogP contribution is 2.65. The Morgan fingerprint density at radius 2 is 1.94 bits per heavy atom. The number of benzene rings is 1. The van der Waals surface area contributed by atoms with Gasteiger partial charge in [0.25, 0.3) is 0 Å². The fraction of sp³-hybridized carbons (Fsp3) is 0.767. The van der Waals surface area contributed by atoms with Gasteiger partial charge in [0.1, 0.15) is 0 Å². The number of methoxy groups -OCH3 is 1. The fourth-order valence-electron chi connectivity index (χ4n) is 9.42. The van der Waals surface area contributed by atoms with Gasteiger partial charge in [-0.25, -0.2) is 0 Å². The molecule has 0 aliphatic heterocycles. The zero-order chi connectivity index (χ0) is 23.0. The number of fused-ring (bicyclic) bond motifs is 5. The number of nitriles is 1. The maximum absolute atomic E-state index is 9.31. The van der Waals surface area contributed by atoms with Crippen molar-refractivity contribution in [3.8, 4) is 6.07 Å². The minimum atomic E-state index is 0.474. The van der Waals surface area contributed by atoms with Crippen molar-refractivity contribution in [2.45, 2.75) is 84.1 Å². The van der Waals surface area contributed by atoms with E-state index in [4.69, 9.17) is 4.74 Å². The van der Waals surface area contributed by atoms with Crippen LogP contribution in [-0.2, 0) is 4.74 Å². The summed E-state index contributed by atoms with van der Waals surface area (Å²) in [6.07, 6.45) is 14.1. The average Bonchev–Trinajstić information content (AvgIpc) is 3.19. The predicted octanol–water partition coefficient (Wildman–Crippen LogP) is 7.28. The molecular weight excluding hydrogens is 404 g/mol. The summed E-state index contributed by atoms with van der Waals surface area (Å²) in [5.74, 6) is 6.40.